The summed E-state index contributed by atoms with van der Waals surface area (Å²) in [5, 5.41) is 1.71. The van der Waals surface area contributed by atoms with Gasteiger partial charge < -0.3 is 9.47 Å². The van der Waals surface area contributed by atoms with Crippen LogP contribution < -0.4 is 9.47 Å². The van der Waals surface area contributed by atoms with Crippen molar-refractivity contribution in [3.8, 4) is 10.9 Å². The molecule has 0 fully saturated rings. The molecular weight excluding hydrogens is 174 g/mol. The van der Waals surface area contributed by atoms with E-state index in [4.69, 9.17) is 9.47 Å². The summed E-state index contributed by atoms with van der Waals surface area (Å²) < 4.78 is 10.5. The van der Waals surface area contributed by atoms with Gasteiger partial charge in [-0.3, -0.25) is 0 Å². The van der Waals surface area contributed by atoms with Crippen molar-refractivity contribution in [3.63, 3.8) is 0 Å². The molecule has 0 aromatic carbocycles. The normalized spacial score (nSPS) is 10.4. The molecule has 1 aromatic rings. The van der Waals surface area contributed by atoms with Crippen molar-refractivity contribution in [2.75, 3.05) is 7.11 Å². The highest BCUT2D eigenvalue weighted by molar-refractivity contribution is 7.13. The zero-order valence-corrected chi connectivity index (χ0v) is 8.57. The highest BCUT2D eigenvalue weighted by Crippen LogP contribution is 2.33. The predicted molar refractivity (Wildman–Crippen MR) is 49.2 cm³/mol. The van der Waals surface area contributed by atoms with Crippen molar-refractivity contribution in [1.82, 2.24) is 4.98 Å². The molecule has 0 aliphatic rings. The predicted octanol–water partition coefficient (Wildman–Crippen LogP) is 2.25. The van der Waals surface area contributed by atoms with Gasteiger partial charge in [0.25, 0.3) is 5.88 Å². The van der Waals surface area contributed by atoms with Crippen molar-refractivity contribution >= 4 is 11.3 Å². The van der Waals surface area contributed by atoms with Crippen LogP contribution >= 0.6 is 11.3 Å². The fraction of sp³-hybridized carbons (Fsp3) is 0.625. The second-order valence-corrected chi connectivity index (χ2v) is 3.86. The molecule has 0 unspecified atom stereocenters. The average Bonchev–Trinajstić information content (AvgIpc) is 2.29. The fourth-order valence-corrected chi connectivity index (χ4v) is 1.48. The Labute approximate surface area is 76.3 Å². The van der Waals surface area contributed by atoms with Crippen LogP contribution in [0.25, 0.3) is 0 Å². The van der Waals surface area contributed by atoms with E-state index in [1.807, 2.05) is 20.8 Å². The minimum absolute atomic E-state index is 0.139. The first-order valence-corrected chi connectivity index (χ1v) is 4.63. The Bertz CT molecular complexity index is 258. The molecule has 12 heavy (non-hydrogen) atoms. The minimum Gasteiger partial charge on any atom is -0.483 e. The van der Waals surface area contributed by atoms with Gasteiger partial charge in [-0.1, -0.05) is 11.3 Å². The Morgan fingerprint density at radius 1 is 1.42 bits per heavy atom. The second-order valence-electron chi connectivity index (χ2n) is 2.70. The molecule has 1 rings (SSSR count). The summed E-state index contributed by atoms with van der Waals surface area (Å²) >= 11 is 1.50. The zero-order chi connectivity index (χ0) is 9.14. The molecule has 1 aromatic heterocycles. The van der Waals surface area contributed by atoms with Gasteiger partial charge in [-0.25, -0.2) is 4.98 Å². The van der Waals surface area contributed by atoms with Crippen molar-refractivity contribution < 1.29 is 9.47 Å². The van der Waals surface area contributed by atoms with Crippen molar-refractivity contribution in [2.45, 2.75) is 26.9 Å². The lowest BCUT2D eigenvalue weighted by molar-refractivity contribution is 0.223. The van der Waals surface area contributed by atoms with E-state index in [1.165, 1.54) is 11.3 Å². The van der Waals surface area contributed by atoms with Crippen molar-refractivity contribution in [1.29, 1.82) is 0 Å². The third kappa shape index (κ3) is 2.11. The lowest BCUT2D eigenvalue weighted by atomic mass is 10.5. The molecule has 3 nitrogen and oxygen atoms in total. The molecule has 0 amide bonds. The summed E-state index contributed by atoms with van der Waals surface area (Å²) in [6.45, 7) is 5.86. The van der Waals surface area contributed by atoms with Crippen LogP contribution in [-0.2, 0) is 0 Å². The molecule has 4 heteroatoms. The highest BCUT2D eigenvalue weighted by atomic mass is 32.1. The maximum Gasteiger partial charge on any atom is 0.269 e. The number of hydrogen-bond acceptors (Lipinski definition) is 4. The average molecular weight is 187 g/mol. The second kappa shape index (κ2) is 3.76. The van der Waals surface area contributed by atoms with Gasteiger partial charge in [0.2, 0.25) is 5.06 Å². The van der Waals surface area contributed by atoms with Gasteiger partial charge >= 0.3 is 0 Å². The number of aromatic nitrogens is 1. The van der Waals surface area contributed by atoms with Crippen LogP contribution in [-0.4, -0.2) is 18.2 Å². The minimum atomic E-state index is 0.139. The van der Waals surface area contributed by atoms with Crippen LogP contribution in [0.15, 0.2) is 0 Å². The SMILES string of the molecule is COc1sc(C)nc1OC(C)C. The Hall–Kier alpha value is -0.770. The Morgan fingerprint density at radius 3 is 2.58 bits per heavy atom. The topological polar surface area (TPSA) is 31.4 Å². The van der Waals surface area contributed by atoms with Crippen LogP contribution in [0.2, 0.25) is 0 Å². The first-order chi connectivity index (χ1) is 5.63. The summed E-state index contributed by atoms with van der Waals surface area (Å²) in [5.41, 5.74) is 0. The highest BCUT2D eigenvalue weighted by Gasteiger charge is 2.11. The number of ether oxygens (including phenoxy) is 2. The molecule has 0 aliphatic carbocycles. The van der Waals surface area contributed by atoms with E-state index in [-0.39, 0.29) is 6.10 Å². The van der Waals surface area contributed by atoms with Gasteiger partial charge in [0.05, 0.1) is 18.2 Å². The molecule has 0 atom stereocenters. The van der Waals surface area contributed by atoms with E-state index in [9.17, 15) is 0 Å². The van der Waals surface area contributed by atoms with Crippen LogP contribution in [0.1, 0.15) is 18.9 Å². The Morgan fingerprint density at radius 2 is 2.08 bits per heavy atom. The number of aryl methyl sites for hydroxylation is 1. The molecule has 0 spiro atoms. The van der Waals surface area contributed by atoms with Gasteiger partial charge in [0.1, 0.15) is 0 Å². The van der Waals surface area contributed by atoms with Crippen LogP contribution in [0, 0.1) is 6.92 Å². The van der Waals surface area contributed by atoms with Crippen molar-refractivity contribution in [3.05, 3.63) is 5.01 Å². The smallest absolute Gasteiger partial charge is 0.269 e. The van der Waals surface area contributed by atoms with Gasteiger partial charge in [-0.15, -0.1) is 0 Å². The van der Waals surface area contributed by atoms with E-state index in [2.05, 4.69) is 4.98 Å². The maximum atomic E-state index is 5.43. The largest absolute Gasteiger partial charge is 0.483 e. The van der Waals surface area contributed by atoms with Gasteiger partial charge in [0, 0.05) is 0 Å². The fourth-order valence-electron chi connectivity index (χ4n) is 0.816. The molecule has 0 radical (unpaired) electrons. The first-order valence-electron chi connectivity index (χ1n) is 3.81. The molecule has 1 heterocycles. The van der Waals surface area contributed by atoms with E-state index < -0.39 is 0 Å². The summed E-state index contributed by atoms with van der Waals surface area (Å²) in [5.74, 6) is 0.606. The third-order valence-electron chi connectivity index (χ3n) is 1.21. The van der Waals surface area contributed by atoms with E-state index >= 15 is 0 Å². The summed E-state index contributed by atoms with van der Waals surface area (Å²) in [7, 11) is 1.63. The monoisotopic (exact) mass is 187 g/mol. The maximum absolute atomic E-state index is 5.43. The Balaban J connectivity index is 2.81. The molecule has 0 bridgehead atoms. The number of thiazole rings is 1. The zero-order valence-electron chi connectivity index (χ0n) is 7.75. The lowest BCUT2D eigenvalue weighted by Gasteiger charge is -2.06. The Kier molecular flexibility index (Phi) is 2.92. The van der Waals surface area contributed by atoms with Crippen LogP contribution in [0.4, 0.5) is 0 Å². The molecular formula is C8H13NO2S. The van der Waals surface area contributed by atoms with E-state index in [0.717, 1.165) is 10.1 Å². The van der Waals surface area contributed by atoms with Crippen LogP contribution in [0.5, 0.6) is 10.9 Å². The van der Waals surface area contributed by atoms with E-state index in [1.54, 1.807) is 7.11 Å². The summed E-state index contributed by atoms with van der Waals surface area (Å²) in [6.07, 6.45) is 0.139. The molecule has 0 N–H and O–H groups in total. The van der Waals surface area contributed by atoms with Crippen molar-refractivity contribution in [2.24, 2.45) is 0 Å². The lowest BCUT2D eigenvalue weighted by Crippen LogP contribution is -2.06. The third-order valence-corrected chi connectivity index (χ3v) is 2.12. The van der Waals surface area contributed by atoms with Crippen LogP contribution in [0.3, 0.4) is 0 Å². The summed E-state index contributed by atoms with van der Waals surface area (Å²) in [6, 6.07) is 0. The quantitative estimate of drug-likeness (QED) is 0.727. The molecule has 0 saturated carbocycles. The van der Waals surface area contributed by atoms with Gasteiger partial charge in [-0.05, 0) is 20.8 Å². The first kappa shape index (κ1) is 9.32. The summed E-state index contributed by atoms with van der Waals surface area (Å²) in [4.78, 5) is 4.19. The van der Waals surface area contributed by atoms with Gasteiger partial charge in [0.15, 0.2) is 0 Å². The molecule has 0 aliphatic heterocycles. The molecule has 68 valence electrons. The number of nitrogens with zero attached hydrogens (tertiary/aromatic N) is 1. The number of hydrogen-bond donors (Lipinski definition) is 0. The molecule has 0 saturated heterocycles. The number of rotatable bonds is 3. The van der Waals surface area contributed by atoms with Gasteiger partial charge in [-0.2, -0.15) is 0 Å². The number of methoxy groups -OCH3 is 1. The standard InChI is InChI=1S/C8H13NO2S/c1-5(2)11-7-8(10-4)12-6(3)9-7/h5H,1-4H3. The van der Waals surface area contributed by atoms with E-state index in [0.29, 0.717) is 5.88 Å².